The second kappa shape index (κ2) is 9.04. The monoisotopic (exact) mass is 402 g/mol. The number of hydrogen-bond acceptors (Lipinski definition) is 9. The highest BCUT2D eigenvalue weighted by Gasteiger charge is 2.10. The summed E-state index contributed by atoms with van der Waals surface area (Å²) in [5, 5.41) is 17.0. The van der Waals surface area contributed by atoms with E-state index in [-0.39, 0.29) is 5.69 Å². The van der Waals surface area contributed by atoms with Crippen LogP contribution in [0.5, 0.6) is 11.5 Å². The number of methoxy groups -OCH3 is 3. The predicted molar refractivity (Wildman–Crippen MR) is 102 cm³/mol. The van der Waals surface area contributed by atoms with Gasteiger partial charge in [-0.25, -0.2) is 4.79 Å². The van der Waals surface area contributed by atoms with Crippen molar-refractivity contribution < 1.29 is 19.0 Å². The maximum Gasteiger partial charge on any atom is 0.358 e. The Morgan fingerprint density at radius 1 is 1.25 bits per heavy atom. The summed E-state index contributed by atoms with van der Waals surface area (Å²) in [6, 6.07) is 7.02. The van der Waals surface area contributed by atoms with Crippen molar-refractivity contribution in [3.8, 4) is 11.5 Å². The highest BCUT2D eigenvalue weighted by atomic mass is 32.2. The standard InChI is InChI=1S/C17H18N6O4S/c1-25-13-4-5-15(26-2)12(8-13)9-19-23-10-18-20-17(23)28-11-22-7-6-14(21-22)16(24)27-3/h4-10H,11H2,1-3H3. The van der Waals surface area contributed by atoms with E-state index in [0.717, 1.165) is 5.56 Å². The van der Waals surface area contributed by atoms with Crippen LogP contribution in [0.2, 0.25) is 0 Å². The van der Waals surface area contributed by atoms with Crippen LogP contribution in [0.4, 0.5) is 0 Å². The maximum atomic E-state index is 11.5. The van der Waals surface area contributed by atoms with E-state index >= 15 is 0 Å². The topological polar surface area (TPSA) is 106 Å². The zero-order valence-electron chi connectivity index (χ0n) is 15.5. The molecule has 0 saturated carbocycles. The molecule has 3 aromatic rings. The van der Waals surface area contributed by atoms with Gasteiger partial charge >= 0.3 is 5.97 Å². The highest BCUT2D eigenvalue weighted by Crippen LogP contribution is 2.23. The summed E-state index contributed by atoms with van der Waals surface area (Å²) in [5.74, 6) is 1.30. The molecule has 0 aliphatic rings. The zero-order valence-corrected chi connectivity index (χ0v) is 16.3. The molecule has 2 heterocycles. The molecule has 0 atom stereocenters. The minimum atomic E-state index is -0.483. The molecule has 0 unspecified atom stereocenters. The Bertz CT molecular complexity index is 984. The second-order valence-electron chi connectivity index (χ2n) is 5.32. The van der Waals surface area contributed by atoms with E-state index in [2.05, 4.69) is 25.1 Å². The van der Waals surface area contributed by atoms with Crippen molar-refractivity contribution in [3.05, 3.63) is 48.0 Å². The minimum absolute atomic E-state index is 0.243. The third-order valence-corrected chi connectivity index (χ3v) is 4.54. The summed E-state index contributed by atoms with van der Waals surface area (Å²) in [6.45, 7) is 0. The number of carbonyl (C=O) groups excluding carboxylic acids is 1. The van der Waals surface area contributed by atoms with E-state index in [1.54, 1.807) is 43.4 Å². The van der Waals surface area contributed by atoms with E-state index in [4.69, 9.17) is 9.47 Å². The van der Waals surface area contributed by atoms with Crippen molar-refractivity contribution in [1.29, 1.82) is 0 Å². The average Bonchev–Trinajstić information content (AvgIpc) is 3.39. The fraction of sp³-hybridized carbons (Fsp3) is 0.235. The molecule has 0 aliphatic carbocycles. The molecule has 146 valence electrons. The van der Waals surface area contributed by atoms with Gasteiger partial charge in [0.25, 0.3) is 0 Å². The molecule has 28 heavy (non-hydrogen) atoms. The van der Waals surface area contributed by atoms with E-state index < -0.39 is 5.97 Å². The van der Waals surface area contributed by atoms with Gasteiger partial charge < -0.3 is 14.2 Å². The lowest BCUT2D eigenvalue weighted by molar-refractivity contribution is 0.0593. The van der Waals surface area contributed by atoms with Crippen LogP contribution in [-0.4, -0.2) is 58.2 Å². The van der Waals surface area contributed by atoms with E-state index in [9.17, 15) is 4.79 Å². The Kier molecular flexibility index (Phi) is 6.27. The number of benzene rings is 1. The Morgan fingerprint density at radius 2 is 2.11 bits per heavy atom. The summed E-state index contributed by atoms with van der Waals surface area (Å²) in [4.78, 5) is 11.5. The molecule has 10 nitrogen and oxygen atoms in total. The fourth-order valence-electron chi connectivity index (χ4n) is 2.23. The first kappa shape index (κ1) is 19.4. The number of hydrogen-bond donors (Lipinski definition) is 0. The van der Waals surface area contributed by atoms with Crippen LogP contribution in [0.3, 0.4) is 0 Å². The molecule has 0 N–H and O–H groups in total. The van der Waals surface area contributed by atoms with E-state index in [0.29, 0.717) is 22.5 Å². The van der Waals surface area contributed by atoms with Crippen LogP contribution >= 0.6 is 11.8 Å². The van der Waals surface area contributed by atoms with Crippen LogP contribution in [0.15, 0.2) is 47.0 Å². The lowest BCUT2D eigenvalue weighted by Gasteiger charge is -2.07. The molecule has 0 spiro atoms. The SMILES string of the molecule is COC(=O)c1ccn(CSc2nncn2N=Cc2cc(OC)ccc2OC)n1. The van der Waals surface area contributed by atoms with Crippen LogP contribution in [0, 0.1) is 0 Å². The van der Waals surface area contributed by atoms with Crippen LogP contribution in [0.25, 0.3) is 0 Å². The Hall–Kier alpha value is -3.34. The summed E-state index contributed by atoms with van der Waals surface area (Å²) < 4.78 is 18.4. The van der Waals surface area contributed by atoms with E-state index in [1.165, 1.54) is 29.9 Å². The quantitative estimate of drug-likeness (QED) is 0.320. The summed E-state index contributed by atoms with van der Waals surface area (Å²) >= 11 is 1.36. The normalized spacial score (nSPS) is 11.0. The van der Waals surface area contributed by atoms with Gasteiger partial charge in [-0.3, -0.25) is 4.68 Å². The maximum absolute atomic E-state index is 11.5. The first-order valence-corrected chi connectivity index (χ1v) is 9.04. The molecule has 11 heteroatoms. The third-order valence-electron chi connectivity index (χ3n) is 3.62. The van der Waals surface area contributed by atoms with Crippen molar-refractivity contribution >= 4 is 23.9 Å². The smallest absolute Gasteiger partial charge is 0.358 e. The number of ether oxygens (including phenoxy) is 3. The lowest BCUT2D eigenvalue weighted by Crippen LogP contribution is -2.04. The van der Waals surface area contributed by atoms with Crippen molar-refractivity contribution in [2.45, 2.75) is 11.0 Å². The van der Waals surface area contributed by atoms with Crippen LogP contribution < -0.4 is 9.47 Å². The first-order valence-electron chi connectivity index (χ1n) is 8.05. The van der Waals surface area contributed by atoms with Gasteiger partial charge in [0.2, 0.25) is 5.16 Å². The Labute approximate surface area is 165 Å². The van der Waals surface area contributed by atoms with Crippen LogP contribution in [-0.2, 0) is 10.6 Å². The minimum Gasteiger partial charge on any atom is -0.497 e. The van der Waals surface area contributed by atoms with Gasteiger partial charge in [0, 0.05) is 11.8 Å². The number of aromatic nitrogens is 5. The number of rotatable bonds is 8. The van der Waals surface area contributed by atoms with Gasteiger partial charge in [-0.2, -0.15) is 14.9 Å². The van der Waals surface area contributed by atoms with Gasteiger partial charge in [-0.1, -0.05) is 11.8 Å². The molecular weight excluding hydrogens is 384 g/mol. The largest absolute Gasteiger partial charge is 0.497 e. The molecule has 0 radical (unpaired) electrons. The molecule has 0 bridgehead atoms. The molecule has 0 fully saturated rings. The number of carbonyl (C=O) groups is 1. The van der Waals surface area contributed by atoms with Crippen molar-refractivity contribution in [1.82, 2.24) is 24.7 Å². The van der Waals surface area contributed by atoms with Crippen molar-refractivity contribution in [3.63, 3.8) is 0 Å². The summed E-state index contributed by atoms with van der Waals surface area (Å²) in [5.41, 5.74) is 0.994. The second-order valence-corrected chi connectivity index (χ2v) is 6.23. The molecular formula is C17H18N6O4S. The number of nitrogens with zero attached hydrogens (tertiary/aromatic N) is 6. The molecule has 1 aromatic carbocycles. The zero-order chi connectivity index (χ0) is 19.9. The Morgan fingerprint density at radius 3 is 2.86 bits per heavy atom. The Balaban J connectivity index is 1.71. The first-order chi connectivity index (χ1) is 13.6. The molecule has 2 aromatic heterocycles. The number of thioether (sulfide) groups is 1. The third kappa shape index (κ3) is 4.49. The molecule has 0 amide bonds. The van der Waals surface area contributed by atoms with Crippen molar-refractivity contribution in [2.75, 3.05) is 21.3 Å². The number of esters is 1. The van der Waals surface area contributed by atoms with Gasteiger partial charge in [-0.05, 0) is 24.3 Å². The van der Waals surface area contributed by atoms with Gasteiger partial charge in [0.05, 0.1) is 33.4 Å². The molecule has 0 saturated heterocycles. The van der Waals surface area contributed by atoms with Gasteiger partial charge in [0.1, 0.15) is 17.8 Å². The average molecular weight is 402 g/mol. The highest BCUT2D eigenvalue weighted by molar-refractivity contribution is 7.98. The predicted octanol–water partition coefficient (Wildman–Crippen LogP) is 1.91. The summed E-state index contributed by atoms with van der Waals surface area (Å²) in [7, 11) is 4.50. The lowest BCUT2D eigenvalue weighted by atomic mass is 10.2. The van der Waals surface area contributed by atoms with Gasteiger partial charge in [-0.15, -0.1) is 10.2 Å². The van der Waals surface area contributed by atoms with Crippen LogP contribution in [0.1, 0.15) is 16.1 Å². The van der Waals surface area contributed by atoms with Gasteiger partial charge in [0.15, 0.2) is 5.69 Å². The molecule has 0 aliphatic heterocycles. The van der Waals surface area contributed by atoms with E-state index in [1.807, 2.05) is 12.1 Å². The fourth-order valence-corrected chi connectivity index (χ4v) is 2.95. The van der Waals surface area contributed by atoms with Crippen molar-refractivity contribution in [2.24, 2.45) is 5.10 Å². The molecule has 3 rings (SSSR count). The summed E-state index contributed by atoms with van der Waals surface area (Å²) in [6.07, 6.45) is 4.82.